The molecule has 2 rings (SSSR count). The van der Waals surface area contributed by atoms with Crippen LogP contribution in [0.5, 0.6) is 0 Å². The summed E-state index contributed by atoms with van der Waals surface area (Å²) >= 11 is 0. The van der Waals surface area contributed by atoms with Crippen LogP contribution in [-0.2, 0) is 16.8 Å². The summed E-state index contributed by atoms with van der Waals surface area (Å²) in [5, 5.41) is 10.3. The summed E-state index contributed by atoms with van der Waals surface area (Å²) in [5.41, 5.74) is 5.07. The lowest BCUT2D eigenvalue weighted by Crippen LogP contribution is -2.55. The summed E-state index contributed by atoms with van der Waals surface area (Å²) in [6.07, 6.45) is -0.113. The van der Waals surface area contributed by atoms with Crippen molar-refractivity contribution in [3.8, 4) is 0 Å². The summed E-state index contributed by atoms with van der Waals surface area (Å²) in [5.74, 6) is 0. The molecule has 1 aliphatic heterocycles. The molecular weight excluding hydrogens is 326 g/mol. The molecule has 0 radical (unpaired) electrons. The molecule has 6 nitrogen and oxygen atoms in total. The maximum absolute atomic E-state index is 11.9. The van der Waals surface area contributed by atoms with Gasteiger partial charge in [-0.05, 0) is 49.4 Å². The molecule has 1 saturated heterocycles. The van der Waals surface area contributed by atoms with Crippen LogP contribution in [0, 0.1) is 20.8 Å². The van der Waals surface area contributed by atoms with Crippen LogP contribution in [0.2, 0.25) is 0 Å². The fraction of sp³-hybridized carbons (Fsp3) is 0.647. The van der Waals surface area contributed by atoms with Gasteiger partial charge in [0, 0.05) is 33.7 Å². The predicted molar refractivity (Wildman–Crippen MR) is 96.1 cm³/mol. The first-order chi connectivity index (χ1) is 11.1. The number of aryl methyl sites for hydroxylation is 3. The van der Waals surface area contributed by atoms with Gasteiger partial charge in [0.25, 0.3) is 10.2 Å². The number of aliphatic hydroxyl groups is 1. The molecule has 1 fully saturated rings. The van der Waals surface area contributed by atoms with Crippen molar-refractivity contribution in [3.63, 3.8) is 0 Å². The molecule has 0 aromatic heterocycles. The third-order valence-electron chi connectivity index (χ3n) is 4.79. The number of rotatable bonds is 5. The lowest BCUT2D eigenvalue weighted by atomic mass is 9.98. The van der Waals surface area contributed by atoms with Gasteiger partial charge in [0.15, 0.2) is 0 Å². The highest BCUT2D eigenvalue weighted by Crippen LogP contribution is 2.20. The number of nitrogens with zero attached hydrogens (tertiary/aromatic N) is 2. The van der Waals surface area contributed by atoms with E-state index in [4.69, 9.17) is 0 Å². The van der Waals surface area contributed by atoms with Crippen LogP contribution in [0.4, 0.5) is 0 Å². The van der Waals surface area contributed by atoms with Crippen molar-refractivity contribution in [1.29, 1.82) is 0 Å². The lowest BCUT2D eigenvalue weighted by Gasteiger charge is -2.36. The topological polar surface area (TPSA) is 72.9 Å². The van der Waals surface area contributed by atoms with E-state index in [-0.39, 0.29) is 0 Å². The standard InChI is InChI=1S/C17H29N3O3S/c1-12-8-14(3)15(9-13(12)2)10-20-7-6-16(17(21)11-20)18-24(22,23)19(4)5/h8-9,16-18,21H,6-7,10-11H2,1-5H3/t16-,17-/m0/s1. The molecule has 7 heteroatoms. The molecule has 0 bridgehead atoms. The number of hydrogen-bond donors (Lipinski definition) is 2. The highest BCUT2D eigenvalue weighted by Gasteiger charge is 2.31. The van der Waals surface area contributed by atoms with Crippen LogP contribution in [0.15, 0.2) is 12.1 Å². The Bertz CT molecular complexity index is 689. The van der Waals surface area contributed by atoms with E-state index < -0.39 is 22.4 Å². The molecule has 1 heterocycles. The summed E-state index contributed by atoms with van der Waals surface area (Å²) in [6, 6.07) is 3.96. The van der Waals surface area contributed by atoms with E-state index in [0.717, 1.165) is 17.4 Å². The molecule has 1 aromatic carbocycles. The Kier molecular flexibility index (Phi) is 6.04. The van der Waals surface area contributed by atoms with Crippen LogP contribution >= 0.6 is 0 Å². The van der Waals surface area contributed by atoms with Gasteiger partial charge in [0.1, 0.15) is 0 Å². The smallest absolute Gasteiger partial charge is 0.279 e. The minimum Gasteiger partial charge on any atom is -0.390 e. The van der Waals surface area contributed by atoms with Gasteiger partial charge in [-0.1, -0.05) is 12.1 Å². The van der Waals surface area contributed by atoms with Crippen molar-refractivity contribution in [3.05, 3.63) is 34.4 Å². The SMILES string of the molecule is Cc1cc(C)c(CN2CC[C@H](NS(=O)(=O)N(C)C)[C@@H](O)C2)cc1C. The van der Waals surface area contributed by atoms with Gasteiger partial charge in [-0.25, -0.2) is 0 Å². The third kappa shape index (κ3) is 4.55. The molecule has 0 aliphatic carbocycles. The molecular formula is C17H29N3O3S. The Balaban J connectivity index is 2.00. The Morgan fingerprint density at radius 2 is 1.83 bits per heavy atom. The Morgan fingerprint density at radius 3 is 2.42 bits per heavy atom. The highest BCUT2D eigenvalue weighted by molar-refractivity contribution is 7.87. The molecule has 24 heavy (non-hydrogen) atoms. The van der Waals surface area contributed by atoms with E-state index in [9.17, 15) is 13.5 Å². The minimum atomic E-state index is -3.52. The zero-order valence-corrected chi connectivity index (χ0v) is 16.0. The Hall–Kier alpha value is -0.990. The molecule has 0 saturated carbocycles. The normalized spacial score (nSPS) is 23.0. The first-order valence-electron chi connectivity index (χ1n) is 8.27. The van der Waals surface area contributed by atoms with Crippen molar-refractivity contribution in [2.24, 2.45) is 0 Å². The van der Waals surface area contributed by atoms with Crippen LogP contribution in [0.1, 0.15) is 28.7 Å². The Morgan fingerprint density at radius 1 is 1.21 bits per heavy atom. The van der Waals surface area contributed by atoms with Crippen LogP contribution < -0.4 is 4.72 Å². The molecule has 1 aromatic rings. The number of likely N-dealkylation sites (tertiary alicyclic amines) is 1. The van der Waals surface area contributed by atoms with Crippen LogP contribution in [-0.4, -0.2) is 62.1 Å². The maximum atomic E-state index is 11.9. The number of aliphatic hydroxyl groups excluding tert-OH is 1. The third-order valence-corrected chi connectivity index (χ3v) is 6.36. The van der Waals surface area contributed by atoms with Crippen molar-refractivity contribution < 1.29 is 13.5 Å². The second-order valence-electron chi connectivity index (χ2n) is 6.97. The van der Waals surface area contributed by atoms with Gasteiger partial charge < -0.3 is 5.11 Å². The summed E-state index contributed by atoms with van der Waals surface area (Å²) < 4.78 is 27.5. The molecule has 136 valence electrons. The molecule has 2 atom stereocenters. The average Bonchev–Trinajstić information content (AvgIpc) is 2.47. The average molecular weight is 356 g/mol. The monoisotopic (exact) mass is 355 g/mol. The van der Waals surface area contributed by atoms with E-state index in [1.807, 2.05) is 0 Å². The molecule has 1 aliphatic rings. The lowest BCUT2D eigenvalue weighted by molar-refractivity contribution is 0.0441. The van der Waals surface area contributed by atoms with Gasteiger partial charge in [-0.15, -0.1) is 0 Å². The van der Waals surface area contributed by atoms with E-state index in [1.165, 1.54) is 36.3 Å². The Labute approximate surface area is 145 Å². The van der Waals surface area contributed by atoms with E-state index in [1.54, 1.807) is 0 Å². The first kappa shape index (κ1) is 19.3. The molecule has 0 unspecified atom stereocenters. The fourth-order valence-corrected chi connectivity index (χ4v) is 3.87. The second kappa shape index (κ2) is 7.49. The number of hydrogen-bond acceptors (Lipinski definition) is 4. The minimum absolute atomic E-state index is 0.436. The number of nitrogens with one attached hydrogen (secondary N) is 1. The predicted octanol–water partition coefficient (Wildman–Crippen LogP) is 0.943. The van der Waals surface area contributed by atoms with Crippen LogP contribution in [0.25, 0.3) is 0 Å². The summed E-state index contributed by atoms with van der Waals surface area (Å²) in [7, 11) is -0.562. The van der Waals surface area contributed by atoms with Crippen LogP contribution in [0.3, 0.4) is 0 Å². The summed E-state index contributed by atoms with van der Waals surface area (Å²) in [4.78, 5) is 2.18. The number of piperidine rings is 1. The van der Waals surface area contributed by atoms with Gasteiger partial charge in [-0.2, -0.15) is 17.4 Å². The van der Waals surface area contributed by atoms with Gasteiger partial charge in [0.05, 0.1) is 12.1 Å². The van der Waals surface area contributed by atoms with Gasteiger partial charge in [0.2, 0.25) is 0 Å². The van der Waals surface area contributed by atoms with Crippen molar-refractivity contribution >= 4 is 10.2 Å². The van der Waals surface area contributed by atoms with Crippen molar-refractivity contribution in [1.82, 2.24) is 13.9 Å². The molecule has 2 N–H and O–H groups in total. The summed E-state index contributed by atoms with van der Waals surface area (Å²) in [6.45, 7) is 8.32. The van der Waals surface area contributed by atoms with Crippen molar-refractivity contribution in [2.45, 2.75) is 45.9 Å². The fourth-order valence-electron chi connectivity index (χ4n) is 3.01. The van der Waals surface area contributed by atoms with Gasteiger partial charge in [-0.3, -0.25) is 4.90 Å². The van der Waals surface area contributed by atoms with E-state index in [2.05, 4.69) is 42.5 Å². The van der Waals surface area contributed by atoms with Crippen molar-refractivity contribution in [2.75, 3.05) is 27.2 Å². The largest absolute Gasteiger partial charge is 0.390 e. The molecule has 0 spiro atoms. The number of benzene rings is 1. The quantitative estimate of drug-likeness (QED) is 0.825. The first-order valence-corrected chi connectivity index (χ1v) is 9.71. The maximum Gasteiger partial charge on any atom is 0.279 e. The zero-order chi connectivity index (χ0) is 18.1. The van der Waals surface area contributed by atoms with E-state index >= 15 is 0 Å². The highest BCUT2D eigenvalue weighted by atomic mass is 32.2. The van der Waals surface area contributed by atoms with Gasteiger partial charge >= 0.3 is 0 Å². The second-order valence-corrected chi connectivity index (χ2v) is 8.88. The molecule has 0 amide bonds. The zero-order valence-electron chi connectivity index (χ0n) is 15.2. The van der Waals surface area contributed by atoms with E-state index in [0.29, 0.717) is 13.0 Å². The number of β-amino-alcohol motifs (C(OH)–C–C–N with tert-alkyl or cyclic N) is 1.